The highest BCUT2D eigenvalue weighted by atomic mass is 16.5. The van der Waals surface area contributed by atoms with Crippen molar-refractivity contribution in [3.05, 3.63) is 54.1 Å². The molecule has 7 heteroatoms. The van der Waals surface area contributed by atoms with Crippen LogP contribution in [0.15, 0.2) is 52.6 Å². The summed E-state index contributed by atoms with van der Waals surface area (Å²) in [6.45, 7) is 9.34. The summed E-state index contributed by atoms with van der Waals surface area (Å²) in [6, 6.07) is 6.06. The Morgan fingerprint density at radius 3 is 2.68 bits per heavy atom. The SMILES string of the molecule is C/C=C\C(=C/CC)CNC(=O)N1CCN(c2ccc(-c3cnc(C)o3)c(OC)c2)CC1. The normalized spacial score (nSPS) is 14.9. The molecule has 166 valence electrons. The van der Waals surface area contributed by atoms with Crippen LogP contribution < -0.4 is 15.0 Å². The standard InChI is InChI=1S/C24H32N4O3/c1-5-7-19(8-6-2)16-26-24(29)28-13-11-27(12-14-28)20-9-10-21(22(15-20)30-4)23-17-25-18(3)31-23/h5,7-10,15,17H,6,11-14,16H2,1-4H3,(H,26,29)/b7-5-,19-8+. The molecule has 0 radical (unpaired) electrons. The Bertz CT molecular complexity index is 940. The van der Waals surface area contributed by atoms with E-state index in [-0.39, 0.29) is 6.03 Å². The maximum atomic E-state index is 12.6. The van der Waals surface area contributed by atoms with Crippen LogP contribution in [0.25, 0.3) is 11.3 Å². The Balaban J connectivity index is 1.59. The van der Waals surface area contributed by atoms with Gasteiger partial charge in [-0.05, 0) is 31.1 Å². The molecule has 7 nitrogen and oxygen atoms in total. The summed E-state index contributed by atoms with van der Waals surface area (Å²) in [6.07, 6.45) is 8.83. The fourth-order valence-electron chi connectivity index (χ4n) is 3.70. The number of urea groups is 1. The van der Waals surface area contributed by atoms with Crippen molar-refractivity contribution >= 4 is 11.7 Å². The number of hydrogen-bond donors (Lipinski definition) is 1. The van der Waals surface area contributed by atoms with Crippen molar-refractivity contribution in [1.82, 2.24) is 15.2 Å². The summed E-state index contributed by atoms with van der Waals surface area (Å²) in [7, 11) is 1.66. The molecule has 0 aliphatic carbocycles. The molecular formula is C24H32N4O3. The van der Waals surface area contributed by atoms with Gasteiger partial charge in [0.05, 0.1) is 18.9 Å². The zero-order valence-electron chi connectivity index (χ0n) is 18.9. The first kappa shape index (κ1) is 22.5. The van der Waals surface area contributed by atoms with Crippen molar-refractivity contribution < 1.29 is 13.9 Å². The Hall–Kier alpha value is -3.22. The summed E-state index contributed by atoms with van der Waals surface area (Å²) >= 11 is 0. The lowest BCUT2D eigenvalue weighted by Gasteiger charge is -2.36. The topological polar surface area (TPSA) is 70.8 Å². The molecule has 1 aromatic carbocycles. The summed E-state index contributed by atoms with van der Waals surface area (Å²) in [5.41, 5.74) is 3.08. The van der Waals surface area contributed by atoms with Gasteiger partial charge in [-0.2, -0.15) is 0 Å². The first-order valence-electron chi connectivity index (χ1n) is 10.8. The fourth-order valence-corrected chi connectivity index (χ4v) is 3.70. The van der Waals surface area contributed by atoms with Crippen molar-refractivity contribution in [3.8, 4) is 17.1 Å². The van der Waals surface area contributed by atoms with E-state index >= 15 is 0 Å². The van der Waals surface area contributed by atoms with Crippen LogP contribution in [-0.2, 0) is 0 Å². The lowest BCUT2D eigenvalue weighted by Crippen LogP contribution is -2.52. The lowest BCUT2D eigenvalue weighted by atomic mass is 10.1. The minimum absolute atomic E-state index is 0.0141. The molecule has 1 saturated heterocycles. The van der Waals surface area contributed by atoms with Crippen LogP contribution in [-0.4, -0.2) is 55.7 Å². The van der Waals surface area contributed by atoms with Crippen LogP contribution in [0.5, 0.6) is 5.75 Å². The predicted octanol–water partition coefficient (Wildman–Crippen LogP) is 4.40. The van der Waals surface area contributed by atoms with Gasteiger partial charge in [-0.15, -0.1) is 0 Å². The van der Waals surface area contributed by atoms with E-state index in [9.17, 15) is 4.79 Å². The van der Waals surface area contributed by atoms with Crippen LogP contribution in [0, 0.1) is 6.92 Å². The van der Waals surface area contributed by atoms with Crippen molar-refractivity contribution in [2.24, 2.45) is 0 Å². The quantitative estimate of drug-likeness (QED) is 0.667. The van der Waals surface area contributed by atoms with Gasteiger partial charge in [0.2, 0.25) is 0 Å². The number of carbonyl (C=O) groups is 1. The first-order valence-corrected chi connectivity index (χ1v) is 10.8. The van der Waals surface area contributed by atoms with Gasteiger partial charge in [0.25, 0.3) is 0 Å². The van der Waals surface area contributed by atoms with E-state index in [2.05, 4.69) is 34.3 Å². The number of rotatable bonds is 7. The summed E-state index contributed by atoms with van der Waals surface area (Å²) in [5.74, 6) is 2.06. The van der Waals surface area contributed by atoms with Crippen molar-refractivity contribution in [1.29, 1.82) is 0 Å². The second kappa shape index (κ2) is 10.7. The Morgan fingerprint density at radius 1 is 1.29 bits per heavy atom. The highest BCUT2D eigenvalue weighted by Crippen LogP contribution is 2.34. The molecule has 0 saturated carbocycles. The number of nitrogens with one attached hydrogen (secondary N) is 1. The minimum atomic E-state index is -0.0141. The molecular weight excluding hydrogens is 392 g/mol. The number of piperazine rings is 1. The zero-order valence-corrected chi connectivity index (χ0v) is 18.9. The highest BCUT2D eigenvalue weighted by molar-refractivity contribution is 5.75. The molecule has 2 amide bonds. The van der Waals surface area contributed by atoms with E-state index < -0.39 is 0 Å². The van der Waals surface area contributed by atoms with E-state index in [1.165, 1.54) is 0 Å². The molecule has 1 fully saturated rings. The third-order valence-electron chi connectivity index (χ3n) is 5.29. The number of benzene rings is 1. The molecule has 1 aliphatic rings. The van der Waals surface area contributed by atoms with E-state index in [1.54, 1.807) is 13.3 Å². The summed E-state index contributed by atoms with van der Waals surface area (Å²) < 4.78 is 11.2. The second-order valence-electron chi connectivity index (χ2n) is 7.45. The van der Waals surface area contributed by atoms with Crippen molar-refractivity contribution in [3.63, 3.8) is 0 Å². The number of methoxy groups -OCH3 is 1. The maximum absolute atomic E-state index is 12.6. The van der Waals surface area contributed by atoms with Crippen LogP contribution in [0.2, 0.25) is 0 Å². The van der Waals surface area contributed by atoms with Gasteiger partial charge in [0.1, 0.15) is 5.75 Å². The molecule has 2 heterocycles. The number of aryl methyl sites for hydroxylation is 1. The number of aromatic nitrogens is 1. The number of allylic oxidation sites excluding steroid dienone is 2. The van der Waals surface area contributed by atoms with Crippen LogP contribution in [0.3, 0.4) is 0 Å². The molecule has 0 unspecified atom stereocenters. The van der Waals surface area contributed by atoms with Crippen LogP contribution in [0.1, 0.15) is 26.2 Å². The van der Waals surface area contributed by atoms with Gasteiger partial charge in [0.15, 0.2) is 11.7 Å². The van der Waals surface area contributed by atoms with Crippen molar-refractivity contribution in [2.45, 2.75) is 27.2 Å². The van der Waals surface area contributed by atoms with E-state index in [0.717, 1.165) is 42.1 Å². The Labute approximate surface area is 184 Å². The minimum Gasteiger partial charge on any atom is -0.496 e. The molecule has 31 heavy (non-hydrogen) atoms. The Morgan fingerprint density at radius 2 is 2.06 bits per heavy atom. The third-order valence-corrected chi connectivity index (χ3v) is 5.29. The largest absolute Gasteiger partial charge is 0.496 e. The average molecular weight is 425 g/mol. The molecule has 1 N–H and O–H groups in total. The van der Waals surface area contributed by atoms with Crippen molar-refractivity contribution in [2.75, 3.05) is 44.7 Å². The van der Waals surface area contributed by atoms with Gasteiger partial charge < -0.3 is 24.3 Å². The Kier molecular flexibility index (Phi) is 7.76. The smallest absolute Gasteiger partial charge is 0.317 e. The van der Waals surface area contributed by atoms with Gasteiger partial charge in [-0.1, -0.05) is 25.2 Å². The van der Waals surface area contributed by atoms with Gasteiger partial charge in [-0.25, -0.2) is 9.78 Å². The monoisotopic (exact) mass is 424 g/mol. The third kappa shape index (κ3) is 5.69. The van der Waals surface area contributed by atoms with Crippen LogP contribution in [0.4, 0.5) is 10.5 Å². The molecule has 0 bridgehead atoms. The molecule has 0 atom stereocenters. The molecule has 1 aliphatic heterocycles. The van der Waals surface area contributed by atoms with Crippen LogP contribution >= 0.6 is 0 Å². The van der Waals surface area contributed by atoms with Gasteiger partial charge in [0, 0.05) is 51.4 Å². The zero-order chi connectivity index (χ0) is 22.2. The van der Waals surface area contributed by atoms with Gasteiger partial charge >= 0.3 is 6.03 Å². The highest BCUT2D eigenvalue weighted by Gasteiger charge is 2.22. The average Bonchev–Trinajstić information content (AvgIpc) is 3.23. The molecule has 3 rings (SSSR count). The second-order valence-corrected chi connectivity index (χ2v) is 7.45. The number of oxazole rings is 1. The summed E-state index contributed by atoms with van der Waals surface area (Å²) in [5, 5.41) is 3.04. The number of amides is 2. The molecule has 2 aromatic rings. The van der Waals surface area contributed by atoms with E-state index in [1.807, 2.05) is 43.0 Å². The first-order chi connectivity index (χ1) is 15.0. The summed E-state index contributed by atoms with van der Waals surface area (Å²) in [4.78, 5) is 20.9. The maximum Gasteiger partial charge on any atom is 0.317 e. The van der Waals surface area contributed by atoms with E-state index in [0.29, 0.717) is 31.3 Å². The molecule has 0 spiro atoms. The molecule has 1 aromatic heterocycles. The van der Waals surface area contributed by atoms with Gasteiger partial charge in [-0.3, -0.25) is 0 Å². The lowest BCUT2D eigenvalue weighted by molar-refractivity contribution is 0.195. The number of ether oxygens (including phenoxy) is 1. The fraction of sp³-hybridized carbons (Fsp3) is 0.417. The number of anilines is 1. The number of hydrogen-bond acceptors (Lipinski definition) is 5. The van der Waals surface area contributed by atoms with E-state index in [4.69, 9.17) is 9.15 Å². The number of carbonyl (C=O) groups excluding carboxylic acids is 1. The number of nitrogens with zero attached hydrogens (tertiary/aromatic N) is 3. The predicted molar refractivity (Wildman–Crippen MR) is 124 cm³/mol.